The van der Waals surface area contributed by atoms with Crippen LogP contribution >= 0.6 is 0 Å². The SMILES string of the molecule is CC1(C)CCC(Cn2ncc(N)cc2=O)O1. The molecule has 0 bridgehead atoms. The van der Waals surface area contributed by atoms with Crippen molar-refractivity contribution >= 4 is 5.69 Å². The molecule has 2 N–H and O–H groups in total. The van der Waals surface area contributed by atoms with E-state index in [-0.39, 0.29) is 17.3 Å². The molecule has 1 atom stereocenters. The molecule has 1 fully saturated rings. The van der Waals surface area contributed by atoms with Crippen molar-refractivity contribution in [1.29, 1.82) is 0 Å². The number of aromatic nitrogens is 2. The van der Waals surface area contributed by atoms with Gasteiger partial charge in [0.1, 0.15) is 0 Å². The van der Waals surface area contributed by atoms with Crippen LogP contribution in [0.1, 0.15) is 26.7 Å². The quantitative estimate of drug-likeness (QED) is 0.804. The van der Waals surface area contributed by atoms with E-state index in [0.717, 1.165) is 12.8 Å². The van der Waals surface area contributed by atoms with Gasteiger partial charge in [-0.15, -0.1) is 0 Å². The van der Waals surface area contributed by atoms with Crippen molar-refractivity contribution in [3.63, 3.8) is 0 Å². The molecule has 0 amide bonds. The Kier molecular flexibility index (Phi) is 2.71. The van der Waals surface area contributed by atoms with Gasteiger partial charge in [-0.2, -0.15) is 5.10 Å². The minimum absolute atomic E-state index is 0.0730. The molecule has 0 radical (unpaired) electrons. The molecule has 2 heterocycles. The van der Waals surface area contributed by atoms with Crippen molar-refractivity contribution in [3.8, 4) is 0 Å². The second kappa shape index (κ2) is 3.90. The van der Waals surface area contributed by atoms with Crippen molar-refractivity contribution < 1.29 is 4.74 Å². The first-order valence-corrected chi connectivity index (χ1v) is 5.47. The lowest BCUT2D eigenvalue weighted by molar-refractivity contribution is -0.0235. The zero-order chi connectivity index (χ0) is 11.8. The predicted octanol–water partition coefficient (Wildman–Crippen LogP) is 0.783. The highest BCUT2D eigenvalue weighted by molar-refractivity contribution is 5.31. The lowest BCUT2D eigenvalue weighted by atomic mass is 10.1. The molecule has 1 aromatic rings. The Bertz CT molecular complexity index is 439. The summed E-state index contributed by atoms with van der Waals surface area (Å²) in [5.41, 5.74) is 5.61. The van der Waals surface area contributed by atoms with Crippen LogP contribution < -0.4 is 11.3 Å². The van der Waals surface area contributed by atoms with Gasteiger partial charge >= 0.3 is 0 Å². The minimum Gasteiger partial charge on any atom is -0.397 e. The summed E-state index contributed by atoms with van der Waals surface area (Å²) in [5.74, 6) is 0. The number of hydrogen-bond donors (Lipinski definition) is 1. The van der Waals surface area contributed by atoms with Crippen LogP contribution in [-0.4, -0.2) is 21.5 Å². The van der Waals surface area contributed by atoms with Gasteiger partial charge in [0.2, 0.25) is 0 Å². The summed E-state index contributed by atoms with van der Waals surface area (Å²) in [4.78, 5) is 11.6. The lowest BCUT2D eigenvalue weighted by Crippen LogP contribution is -2.30. The molecule has 1 aliphatic heterocycles. The Labute approximate surface area is 94.2 Å². The molecule has 2 rings (SSSR count). The zero-order valence-corrected chi connectivity index (χ0v) is 9.64. The third-order valence-electron chi connectivity index (χ3n) is 2.82. The number of nitrogens with two attached hydrogens (primary N) is 1. The van der Waals surface area contributed by atoms with Gasteiger partial charge in [-0.05, 0) is 26.7 Å². The molecular weight excluding hydrogens is 206 g/mol. The van der Waals surface area contributed by atoms with Crippen LogP contribution in [0.3, 0.4) is 0 Å². The normalized spacial score (nSPS) is 23.5. The molecule has 0 spiro atoms. The third-order valence-corrected chi connectivity index (χ3v) is 2.82. The predicted molar refractivity (Wildman–Crippen MR) is 61.1 cm³/mol. The second-order valence-corrected chi connectivity index (χ2v) is 4.85. The van der Waals surface area contributed by atoms with E-state index in [1.165, 1.54) is 16.9 Å². The van der Waals surface area contributed by atoms with Crippen molar-refractivity contribution in [2.24, 2.45) is 0 Å². The maximum Gasteiger partial charge on any atom is 0.268 e. The van der Waals surface area contributed by atoms with Gasteiger partial charge in [-0.25, -0.2) is 4.68 Å². The number of hydrogen-bond acceptors (Lipinski definition) is 4. The van der Waals surface area contributed by atoms with E-state index in [2.05, 4.69) is 18.9 Å². The number of nitrogen functional groups attached to an aromatic ring is 1. The number of ether oxygens (including phenoxy) is 1. The molecule has 5 heteroatoms. The van der Waals surface area contributed by atoms with Gasteiger partial charge in [0.25, 0.3) is 5.56 Å². The standard InChI is InChI=1S/C11H17N3O2/c1-11(2)4-3-9(16-11)7-14-10(15)5-8(12)6-13-14/h5-6,9H,3-4,7,12H2,1-2H3. The molecule has 88 valence electrons. The summed E-state index contributed by atoms with van der Waals surface area (Å²) >= 11 is 0. The minimum atomic E-state index is -0.173. The van der Waals surface area contributed by atoms with Gasteiger partial charge in [0, 0.05) is 6.07 Å². The van der Waals surface area contributed by atoms with Gasteiger partial charge in [0.15, 0.2) is 0 Å². The molecule has 16 heavy (non-hydrogen) atoms. The smallest absolute Gasteiger partial charge is 0.268 e. The first-order valence-electron chi connectivity index (χ1n) is 5.47. The Morgan fingerprint density at radius 3 is 3.00 bits per heavy atom. The topological polar surface area (TPSA) is 70.1 Å². The Hall–Kier alpha value is -1.36. The molecule has 1 aliphatic rings. The average Bonchev–Trinajstić information content (AvgIpc) is 2.51. The second-order valence-electron chi connectivity index (χ2n) is 4.85. The third kappa shape index (κ3) is 2.41. The molecule has 0 aromatic carbocycles. The molecule has 5 nitrogen and oxygen atoms in total. The lowest BCUT2D eigenvalue weighted by Gasteiger charge is -2.19. The zero-order valence-electron chi connectivity index (χ0n) is 9.64. The van der Waals surface area contributed by atoms with Crippen LogP contribution in [0.5, 0.6) is 0 Å². The van der Waals surface area contributed by atoms with Gasteiger partial charge in [0.05, 0.1) is 30.1 Å². The van der Waals surface area contributed by atoms with E-state index in [0.29, 0.717) is 12.2 Å². The van der Waals surface area contributed by atoms with Crippen molar-refractivity contribution in [2.45, 2.75) is 44.9 Å². The van der Waals surface area contributed by atoms with Crippen LogP contribution in [-0.2, 0) is 11.3 Å². The number of nitrogens with zero attached hydrogens (tertiary/aromatic N) is 2. The average molecular weight is 223 g/mol. The summed E-state index contributed by atoms with van der Waals surface area (Å²) in [6.45, 7) is 4.63. The molecule has 0 aliphatic carbocycles. The highest BCUT2D eigenvalue weighted by atomic mass is 16.5. The molecule has 1 saturated heterocycles. The summed E-state index contributed by atoms with van der Waals surface area (Å²) in [5, 5.41) is 3.99. The van der Waals surface area contributed by atoms with E-state index >= 15 is 0 Å². The molecule has 1 unspecified atom stereocenters. The first-order chi connectivity index (χ1) is 7.46. The van der Waals surface area contributed by atoms with E-state index in [9.17, 15) is 4.79 Å². The largest absolute Gasteiger partial charge is 0.397 e. The number of anilines is 1. The summed E-state index contributed by atoms with van der Waals surface area (Å²) in [7, 11) is 0. The maximum atomic E-state index is 11.6. The van der Waals surface area contributed by atoms with Crippen LogP contribution in [0.15, 0.2) is 17.1 Å². The van der Waals surface area contributed by atoms with E-state index in [1.807, 2.05) is 0 Å². The van der Waals surface area contributed by atoms with Crippen molar-refractivity contribution in [1.82, 2.24) is 9.78 Å². The van der Waals surface area contributed by atoms with E-state index in [4.69, 9.17) is 10.5 Å². The Balaban J connectivity index is 2.08. The van der Waals surface area contributed by atoms with Crippen molar-refractivity contribution in [3.05, 3.63) is 22.6 Å². The maximum absolute atomic E-state index is 11.6. The fourth-order valence-corrected chi connectivity index (χ4v) is 1.98. The Morgan fingerprint density at radius 2 is 2.44 bits per heavy atom. The number of rotatable bonds is 2. The summed E-state index contributed by atoms with van der Waals surface area (Å²) in [6, 6.07) is 1.38. The van der Waals surface area contributed by atoms with Crippen LogP contribution in [0.4, 0.5) is 5.69 Å². The monoisotopic (exact) mass is 223 g/mol. The summed E-state index contributed by atoms with van der Waals surface area (Å²) < 4.78 is 7.21. The molecule has 0 saturated carbocycles. The van der Waals surface area contributed by atoms with Crippen LogP contribution in [0.2, 0.25) is 0 Å². The van der Waals surface area contributed by atoms with E-state index < -0.39 is 0 Å². The highest BCUT2D eigenvalue weighted by Crippen LogP contribution is 2.29. The van der Waals surface area contributed by atoms with Gasteiger partial charge < -0.3 is 10.5 Å². The first kappa shape index (κ1) is 11.1. The van der Waals surface area contributed by atoms with Gasteiger partial charge in [-0.1, -0.05) is 0 Å². The van der Waals surface area contributed by atoms with Crippen LogP contribution in [0.25, 0.3) is 0 Å². The van der Waals surface area contributed by atoms with E-state index in [1.54, 1.807) is 0 Å². The summed E-state index contributed by atoms with van der Waals surface area (Å²) in [6.07, 6.45) is 3.54. The van der Waals surface area contributed by atoms with Crippen molar-refractivity contribution in [2.75, 3.05) is 5.73 Å². The Morgan fingerprint density at radius 1 is 1.69 bits per heavy atom. The fourth-order valence-electron chi connectivity index (χ4n) is 1.98. The van der Waals surface area contributed by atoms with Gasteiger partial charge in [-0.3, -0.25) is 4.79 Å². The van der Waals surface area contributed by atoms with Crippen LogP contribution in [0, 0.1) is 0 Å². The fraction of sp³-hybridized carbons (Fsp3) is 0.636. The molecule has 1 aromatic heterocycles. The molecular formula is C11H17N3O2. The highest BCUT2D eigenvalue weighted by Gasteiger charge is 2.31.